The minimum absolute atomic E-state index is 0.000850. The molecule has 0 aliphatic carbocycles. The first-order valence-electron chi connectivity index (χ1n) is 9.70. The SMILES string of the molecule is C[C@@H]1CCCN(C(=O)COc2ccccc2-c2noc(-c3cccc(Cl)c3)n2)C1. The number of para-hydroxylation sites is 1. The predicted octanol–water partition coefficient (Wildman–Crippen LogP) is 4.69. The van der Waals surface area contributed by atoms with Gasteiger partial charge >= 0.3 is 0 Å². The van der Waals surface area contributed by atoms with Crippen LogP contribution in [0.2, 0.25) is 5.02 Å². The zero-order valence-electron chi connectivity index (χ0n) is 16.2. The third-order valence-electron chi connectivity index (χ3n) is 4.99. The normalized spacial score (nSPS) is 16.6. The van der Waals surface area contributed by atoms with E-state index in [1.807, 2.05) is 35.2 Å². The standard InChI is InChI=1S/C22H22ClN3O3/c1-15-6-5-11-26(13-15)20(27)14-28-19-10-3-2-9-18(19)21-24-22(29-25-21)16-7-4-8-17(23)12-16/h2-4,7-10,12,15H,5-6,11,13-14H2,1H3/t15-/m1/s1. The number of benzene rings is 2. The van der Waals surface area contributed by atoms with E-state index in [-0.39, 0.29) is 12.5 Å². The molecule has 0 saturated carbocycles. The van der Waals surface area contributed by atoms with E-state index in [9.17, 15) is 4.79 Å². The van der Waals surface area contributed by atoms with Crippen LogP contribution in [-0.2, 0) is 4.79 Å². The van der Waals surface area contributed by atoms with Crippen molar-refractivity contribution in [2.24, 2.45) is 5.92 Å². The molecule has 4 rings (SSSR count). The molecule has 0 N–H and O–H groups in total. The molecular formula is C22H22ClN3O3. The third-order valence-corrected chi connectivity index (χ3v) is 5.22. The molecule has 150 valence electrons. The minimum atomic E-state index is -0.0112. The van der Waals surface area contributed by atoms with Gasteiger partial charge in [-0.3, -0.25) is 4.79 Å². The molecule has 1 aliphatic heterocycles. The van der Waals surface area contributed by atoms with Crippen molar-refractivity contribution >= 4 is 17.5 Å². The van der Waals surface area contributed by atoms with Crippen LogP contribution >= 0.6 is 11.6 Å². The average Bonchev–Trinajstić information content (AvgIpc) is 3.22. The monoisotopic (exact) mass is 411 g/mol. The molecule has 1 aromatic heterocycles. The van der Waals surface area contributed by atoms with Gasteiger partial charge < -0.3 is 14.2 Å². The van der Waals surface area contributed by atoms with Crippen LogP contribution in [0.15, 0.2) is 53.1 Å². The highest BCUT2D eigenvalue weighted by Gasteiger charge is 2.22. The number of hydrogen-bond donors (Lipinski definition) is 0. The molecule has 1 amide bonds. The molecule has 0 spiro atoms. The highest BCUT2D eigenvalue weighted by molar-refractivity contribution is 6.30. The Morgan fingerprint density at radius 1 is 1.28 bits per heavy atom. The lowest BCUT2D eigenvalue weighted by Gasteiger charge is -2.30. The number of carbonyl (C=O) groups is 1. The first kappa shape index (κ1) is 19.5. The van der Waals surface area contributed by atoms with Gasteiger partial charge in [0.1, 0.15) is 5.75 Å². The van der Waals surface area contributed by atoms with Gasteiger partial charge in [0.2, 0.25) is 5.82 Å². The van der Waals surface area contributed by atoms with E-state index < -0.39 is 0 Å². The fourth-order valence-electron chi connectivity index (χ4n) is 3.50. The van der Waals surface area contributed by atoms with Gasteiger partial charge in [0.25, 0.3) is 11.8 Å². The summed E-state index contributed by atoms with van der Waals surface area (Å²) in [5.74, 6) is 1.85. The van der Waals surface area contributed by atoms with Crippen molar-refractivity contribution in [3.8, 4) is 28.6 Å². The van der Waals surface area contributed by atoms with Gasteiger partial charge in [-0.25, -0.2) is 0 Å². The molecule has 1 aliphatic rings. The van der Waals surface area contributed by atoms with E-state index in [0.29, 0.717) is 34.0 Å². The second-order valence-electron chi connectivity index (χ2n) is 7.31. The topological polar surface area (TPSA) is 68.5 Å². The number of piperidine rings is 1. The van der Waals surface area contributed by atoms with Crippen molar-refractivity contribution in [1.82, 2.24) is 15.0 Å². The largest absolute Gasteiger partial charge is 0.483 e. The Morgan fingerprint density at radius 2 is 2.14 bits per heavy atom. The Morgan fingerprint density at radius 3 is 2.97 bits per heavy atom. The molecule has 29 heavy (non-hydrogen) atoms. The predicted molar refractivity (Wildman–Crippen MR) is 111 cm³/mol. The molecule has 7 heteroatoms. The molecule has 0 unspecified atom stereocenters. The van der Waals surface area contributed by atoms with E-state index >= 15 is 0 Å². The van der Waals surface area contributed by atoms with Gasteiger partial charge in [0.15, 0.2) is 6.61 Å². The first-order valence-corrected chi connectivity index (χ1v) is 10.1. The Balaban J connectivity index is 1.49. The van der Waals surface area contributed by atoms with Crippen molar-refractivity contribution in [1.29, 1.82) is 0 Å². The summed E-state index contributed by atoms with van der Waals surface area (Å²) < 4.78 is 11.2. The number of hydrogen-bond acceptors (Lipinski definition) is 5. The van der Waals surface area contributed by atoms with Crippen LogP contribution in [0.5, 0.6) is 5.75 Å². The number of nitrogens with zero attached hydrogens (tertiary/aromatic N) is 3. The smallest absolute Gasteiger partial charge is 0.260 e. The molecule has 0 radical (unpaired) electrons. The summed E-state index contributed by atoms with van der Waals surface area (Å²) in [7, 11) is 0. The van der Waals surface area contributed by atoms with Crippen molar-refractivity contribution < 1.29 is 14.1 Å². The number of halogens is 1. The third kappa shape index (κ3) is 4.59. The van der Waals surface area contributed by atoms with E-state index in [1.165, 1.54) is 6.42 Å². The summed E-state index contributed by atoms with van der Waals surface area (Å²) in [6.07, 6.45) is 2.21. The van der Waals surface area contributed by atoms with E-state index in [4.69, 9.17) is 20.9 Å². The number of ether oxygens (including phenoxy) is 1. The van der Waals surface area contributed by atoms with Crippen LogP contribution in [0, 0.1) is 5.92 Å². The second-order valence-corrected chi connectivity index (χ2v) is 7.74. The molecule has 0 bridgehead atoms. The van der Waals surface area contributed by atoms with Gasteiger partial charge in [-0.2, -0.15) is 4.98 Å². The van der Waals surface area contributed by atoms with Crippen LogP contribution in [-0.4, -0.2) is 40.6 Å². The molecular weight excluding hydrogens is 390 g/mol. The lowest BCUT2D eigenvalue weighted by atomic mass is 10.0. The Labute approximate surface area is 174 Å². The Hall–Kier alpha value is -2.86. The molecule has 1 saturated heterocycles. The molecule has 3 aromatic rings. The Bertz CT molecular complexity index is 1000. The number of likely N-dealkylation sites (tertiary alicyclic amines) is 1. The number of amides is 1. The zero-order valence-corrected chi connectivity index (χ0v) is 16.9. The van der Waals surface area contributed by atoms with Gasteiger partial charge in [-0.05, 0) is 49.1 Å². The molecule has 1 fully saturated rings. The van der Waals surface area contributed by atoms with E-state index in [1.54, 1.807) is 18.2 Å². The molecule has 2 aromatic carbocycles. The lowest BCUT2D eigenvalue weighted by Crippen LogP contribution is -2.41. The highest BCUT2D eigenvalue weighted by atomic mass is 35.5. The van der Waals surface area contributed by atoms with Crippen LogP contribution in [0.1, 0.15) is 19.8 Å². The first-order chi connectivity index (χ1) is 14.1. The molecule has 6 nitrogen and oxygen atoms in total. The zero-order chi connectivity index (χ0) is 20.2. The minimum Gasteiger partial charge on any atom is -0.483 e. The van der Waals surface area contributed by atoms with E-state index in [0.717, 1.165) is 25.1 Å². The molecule has 1 atom stereocenters. The van der Waals surface area contributed by atoms with E-state index in [2.05, 4.69) is 17.1 Å². The van der Waals surface area contributed by atoms with Gasteiger partial charge in [-0.1, -0.05) is 41.9 Å². The fourth-order valence-corrected chi connectivity index (χ4v) is 3.69. The maximum Gasteiger partial charge on any atom is 0.260 e. The van der Waals surface area contributed by atoms with Crippen LogP contribution in [0.3, 0.4) is 0 Å². The second kappa shape index (κ2) is 8.66. The van der Waals surface area contributed by atoms with Crippen LogP contribution in [0.4, 0.5) is 0 Å². The lowest BCUT2D eigenvalue weighted by molar-refractivity contribution is -0.135. The van der Waals surface area contributed by atoms with Crippen LogP contribution < -0.4 is 4.74 Å². The summed E-state index contributed by atoms with van der Waals surface area (Å²) in [6.45, 7) is 3.74. The Kier molecular flexibility index (Phi) is 5.81. The number of aromatic nitrogens is 2. The molecule has 2 heterocycles. The summed E-state index contributed by atoms with van der Waals surface area (Å²) in [4.78, 5) is 18.9. The maximum absolute atomic E-state index is 12.5. The maximum atomic E-state index is 12.5. The quantitative estimate of drug-likeness (QED) is 0.609. The summed E-state index contributed by atoms with van der Waals surface area (Å²) in [6, 6.07) is 14.6. The van der Waals surface area contributed by atoms with Crippen LogP contribution in [0.25, 0.3) is 22.8 Å². The number of carbonyl (C=O) groups excluding carboxylic acids is 1. The summed E-state index contributed by atoms with van der Waals surface area (Å²) in [5, 5.41) is 4.67. The van der Waals surface area contributed by atoms with Crippen molar-refractivity contribution in [2.45, 2.75) is 19.8 Å². The fraction of sp³-hybridized carbons (Fsp3) is 0.318. The summed E-state index contributed by atoms with van der Waals surface area (Å²) in [5.41, 5.74) is 1.41. The van der Waals surface area contributed by atoms with Gasteiger partial charge in [0.05, 0.1) is 5.56 Å². The van der Waals surface area contributed by atoms with Crippen molar-refractivity contribution in [3.05, 3.63) is 53.6 Å². The van der Waals surface area contributed by atoms with Gasteiger partial charge in [0, 0.05) is 23.7 Å². The average molecular weight is 412 g/mol. The number of rotatable bonds is 5. The van der Waals surface area contributed by atoms with Gasteiger partial charge in [-0.15, -0.1) is 0 Å². The van der Waals surface area contributed by atoms with Crippen molar-refractivity contribution in [2.75, 3.05) is 19.7 Å². The summed E-state index contributed by atoms with van der Waals surface area (Å²) >= 11 is 6.04. The highest BCUT2D eigenvalue weighted by Crippen LogP contribution is 2.30. The van der Waals surface area contributed by atoms with Crippen molar-refractivity contribution in [3.63, 3.8) is 0 Å².